The van der Waals surface area contributed by atoms with Gasteiger partial charge in [0, 0.05) is 0 Å². The predicted octanol–water partition coefficient (Wildman–Crippen LogP) is 4.09. The Bertz CT molecular complexity index is 367. The number of nitrogens with one attached hydrogen (secondary N) is 1. The fraction of sp³-hybridized carbons (Fsp3) is 0.333. The lowest BCUT2D eigenvalue weighted by Crippen LogP contribution is -2.20. The van der Waals surface area contributed by atoms with E-state index in [0.29, 0.717) is 0 Å². The van der Waals surface area contributed by atoms with Gasteiger partial charge in [0.15, 0.2) is 0 Å². The molecule has 0 amide bonds. The SMILES string of the molecule is CC.c1ccc(CCNCCc2ccccc2)cc1. The Hall–Kier alpha value is -1.60. The minimum atomic E-state index is 1.05. The molecule has 0 spiro atoms. The van der Waals surface area contributed by atoms with E-state index in [-0.39, 0.29) is 0 Å². The highest BCUT2D eigenvalue weighted by Gasteiger charge is 1.93. The summed E-state index contributed by atoms with van der Waals surface area (Å²) in [6.07, 6.45) is 2.21. The van der Waals surface area contributed by atoms with Gasteiger partial charge in [-0.25, -0.2) is 0 Å². The lowest BCUT2D eigenvalue weighted by molar-refractivity contribution is 0.682. The monoisotopic (exact) mass is 255 g/mol. The molecular weight excluding hydrogens is 230 g/mol. The molecule has 0 bridgehead atoms. The van der Waals surface area contributed by atoms with E-state index in [1.165, 1.54) is 11.1 Å². The van der Waals surface area contributed by atoms with Gasteiger partial charge in [0.05, 0.1) is 0 Å². The molecule has 1 N–H and O–H groups in total. The first kappa shape index (κ1) is 15.5. The maximum absolute atomic E-state index is 3.48. The van der Waals surface area contributed by atoms with E-state index >= 15 is 0 Å². The van der Waals surface area contributed by atoms with Crippen molar-refractivity contribution >= 4 is 0 Å². The van der Waals surface area contributed by atoms with Crippen LogP contribution in [0.1, 0.15) is 25.0 Å². The third-order valence-electron chi connectivity index (χ3n) is 2.87. The lowest BCUT2D eigenvalue weighted by Gasteiger charge is -2.05. The number of rotatable bonds is 6. The highest BCUT2D eigenvalue weighted by Crippen LogP contribution is 1.99. The summed E-state index contributed by atoms with van der Waals surface area (Å²) in [7, 11) is 0. The highest BCUT2D eigenvalue weighted by atomic mass is 14.8. The average molecular weight is 255 g/mol. The Morgan fingerprint density at radius 2 is 1.00 bits per heavy atom. The molecule has 2 aromatic carbocycles. The molecular formula is C18H25N. The van der Waals surface area contributed by atoms with Crippen LogP contribution in [0.5, 0.6) is 0 Å². The van der Waals surface area contributed by atoms with Gasteiger partial charge in [-0.3, -0.25) is 0 Å². The van der Waals surface area contributed by atoms with E-state index in [0.717, 1.165) is 25.9 Å². The topological polar surface area (TPSA) is 12.0 Å². The van der Waals surface area contributed by atoms with Crippen molar-refractivity contribution in [3.8, 4) is 0 Å². The van der Waals surface area contributed by atoms with Crippen molar-refractivity contribution in [2.75, 3.05) is 13.1 Å². The molecule has 0 aliphatic heterocycles. The molecule has 0 atom stereocenters. The zero-order chi connectivity index (χ0) is 13.8. The molecule has 0 radical (unpaired) electrons. The van der Waals surface area contributed by atoms with E-state index in [2.05, 4.69) is 66.0 Å². The molecule has 0 aliphatic rings. The average Bonchev–Trinajstić information content (AvgIpc) is 2.51. The first-order valence-corrected chi connectivity index (χ1v) is 7.24. The van der Waals surface area contributed by atoms with Crippen LogP contribution in [-0.4, -0.2) is 13.1 Å². The normalized spacial score (nSPS) is 9.58. The first-order valence-electron chi connectivity index (χ1n) is 7.24. The second-order valence-electron chi connectivity index (χ2n) is 4.22. The first-order chi connectivity index (χ1) is 9.45. The molecule has 0 unspecified atom stereocenters. The van der Waals surface area contributed by atoms with Crippen LogP contribution in [0.25, 0.3) is 0 Å². The van der Waals surface area contributed by atoms with E-state index < -0.39 is 0 Å². The largest absolute Gasteiger partial charge is 0.316 e. The Labute approximate surface area is 117 Å². The van der Waals surface area contributed by atoms with E-state index in [1.807, 2.05) is 13.8 Å². The summed E-state index contributed by atoms with van der Waals surface area (Å²) in [5.74, 6) is 0. The third-order valence-corrected chi connectivity index (χ3v) is 2.87. The Morgan fingerprint density at radius 1 is 0.632 bits per heavy atom. The van der Waals surface area contributed by atoms with Gasteiger partial charge in [-0.1, -0.05) is 74.5 Å². The fourth-order valence-corrected chi connectivity index (χ4v) is 1.88. The van der Waals surface area contributed by atoms with Crippen LogP contribution < -0.4 is 5.32 Å². The second kappa shape index (κ2) is 10.3. The Balaban J connectivity index is 0.000000861. The standard InChI is InChI=1S/C16H19N.C2H6/c1-3-7-15(8-4-1)11-13-17-14-12-16-9-5-2-6-10-16;1-2/h1-10,17H,11-14H2;1-2H3. The van der Waals surface area contributed by atoms with Crippen LogP contribution in [-0.2, 0) is 12.8 Å². The number of benzene rings is 2. The molecule has 2 aromatic rings. The van der Waals surface area contributed by atoms with E-state index in [4.69, 9.17) is 0 Å². The second-order valence-corrected chi connectivity index (χ2v) is 4.22. The van der Waals surface area contributed by atoms with Crippen molar-refractivity contribution in [1.29, 1.82) is 0 Å². The lowest BCUT2D eigenvalue weighted by atomic mass is 10.1. The van der Waals surface area contributed by atoms with Gasteiger partial charge < -0.3 is 5.32 Å². The molecule has 0 fully saturated rings. The van der Waals surface area contributed by atoms with Crippen molar-refractivity contribution in [3.05, 3.63) is 71.8 Å². The summed E-state index contributed by atoms with van der Waals surface area (Å²) in [5, 5.41) is 3.48. The number of hydrogen-bond acceptors (Lipinski definition) is 1. The van der Waals surface area contributed by atoms with Gasteiger partial charge in [0.1, 0.15) is 0 Å². The molecule has 0 aliphatic carbocycles. The van der Waals surface area contributed by atoms with Crippen LogP contribution in [0.4, 0.5) is 0 Å². The van der Waals surface area contributed by atoms with Crippen LogP contribution in [0.15, 0.2) is 60.7 Å². The van der Waals surface area contributed by atoms with Crippen LogP contribution in [0.3, 0.4) is 0 Å². The van der Waals surface area contributed by atoms with Gasteiger partial charge in [-0.2, -0.15) is 0 Å². The highest BCUT2D eigenvalue weighted by molar-refractivity contribution is 5.15. The minimum Gasteiger partial charge on any atom is -0.316 e. The van der Waals surface area contributed by atoms with Crippen LogP contribution in [0, 0.1) is 0 Å². The summed E-state index contributed by atoms with van der Waals surface area (Å²) in [6.45, 7) is 6.10. The van der Waals surface area contributed by atoms with E-state index in [1.54, 1.807) is 0 Å². The molecule has 0 saturated heterocycles. The predicted molar refractivity (Wildman–Crippen MR) is 84.5 cm³/mol. The van der Waals surface area contributed by atoms with Gasteiger partial charge in [-0.05, 0) is 37.1 Å². The molecule has 0 heterocycles. The summed E-state index contributed by atoms with van der Waals surface area (Å²) < 4.78 is 0. The van der Waals surface area contributed by atoms with Gasteiger partial charge in [0.25, 0.3) is 0 Å². The van der Waals surface area contributed by atoms with Crippen LogP contribution in [0.2, 0.25) is 0 Å². The summed E-state index contributed by atoms with van der Waals surface area (Å²) in [5.41, 5.74) is 2.81. The maximum atomic E-state index is 3.48. The third kappa shape index (κ3) is 6.78. The zero-order valence-corrected chi connectivity index (χ0v) is 12.1. The van der Waals surface area contributed by atoms with Crippen molar-refractivity contribution < 1.29 is 0 Å². The molecule has 0 aromatic heterocycles. The maximum Gasteiger partial charge on any atom is -0.000822 e. The molecule has 1 nitrogen and oxygen atoms in total. The van der Waals surface area contributed by atoms with Crippen molar-refractivity contribution in [3.63, 3.8) is 0 Å². The van der Waals surface area contributed by atoms with Crippen molar-refractivity contribution in [2.24, 2.45) is 0 Å². The van der Waals surface area contributed by atoms with Gasteiger partial charge >= 0.3 is 0 Å². The van der Waals surface area contributed by atoms with Crippen LogP contribution >= 0.6 is 0 Å². The molecule has 102 valence electrons. The number of hydrogen-bond donors (Lipinski definition) is 1. The Morgan fingerprint density at radius 3 is 1.37 bits per heavy atom. The van der Waals surface area contributed by atoms with Gasteiger partial charge in [0.2, 0.25) is 0 Å². The Kier molecular flexibility index (Phi) is 8.41. The quantitative estimate of drug-likeness (QED) is 0.767. The van der Waals surface area contributed by atoms with Crippen molar-refractivity contribution in [1.82, 2.24) is 5.32 Å². The zero-order valence-electron chi connectivity index (χ0n) is 12.1. The molecule has 19 heavy (non-hydrogen) atoms. The summed E-state index contributed by atoms with van der Waals surface area (Å²) in [4.78, 5) is 0. The summed E-state index contributed by atoms with van der Waals surface area (Å²) >= 11 is 0. The minimum absolute atomic E-state index is 1.05. The fourth-order valence-electron chi connectivity index (χ4n) is 1.88. The molecule has 2 rings (SSSR count). The molecule has 0 saturated carbocycles. The van der Waals surface area contributed by atoms with Gasteiger partial charge in [-0.15, -0.1) is 0 Å². The smallest absolute Gasteiger partial charge is 0.000822 e. The molecule has 1 heteroatoms. The van der Waals surface area contributed by atoms with Crippen molar-refractivity contribution in [2.45, 2.75) is 26.7 Å². The summed E-state index contributed by atoms with van der Waals surface area (Å²) in [6, 6.07) is 21.2. The van der Waals surface area contributed by atoms with E-state index in [9.17, 15) is 0 Å².